The second kappa shape index (κ2) is 5.75. The van der Waals surface area contributed by atoms with Crippen LogP contribution in [0.5, 0.6) is 0 Å². The van der Waals surface area contributed by atoms with Gasteiger partial charge in [-0.05, 0) is 12.1 Å². The van der Waals surface area contributed by atoms with Crippen molar-refractivity contribution < 1.29 is 13.9 Å². The Morgan fingerprint density at radius 1 is 1.54 bits per heavy atom. The lowest BCUT2D eigenvalue weighted by Gasteiger charge is -2.12. The predicted molar refractivity (Wildman–Crippen MR) is 48.3 cm³/mol. The summed E-state index contributed by atoms with van der Waals surface area (Å²) < 4.78 is 15.5. The summed E-state index contributed by atoms with van der Waals surface area (Å²) in [6.07, 6.45) is 1.45. The summed E-state index contributed by atoms with van der Waals surface area (Å²) in [6.45, 7) is 1.51. The average Bonchev–Trinajstić information content (AvgIpc) is 2.65. The number of rotatable bonds is 6. The van der Waals surface area contributed by atoms with E-state index in [1.807, 2.05) is 12.1 Å². The van der Waals surface area contributed by atoms with Crippen molar-refractivity contribution in [2.45, 2.75) is 6.10 Å². The van der Waals surface area contributed by atoms with Gasteiger partial charge < -0.3 is 19.6 Å². The van der Waals surface area contributed by atoms with E-state index < -0.39 is 0 Å². The highest BCUT2D eigenvalue weighted by Gasteiger charge is 2.11. The second-order valence-electron chi connectivity index (χ2n) is 2.60. The molecule has 0 saturated carbocycles. The maximum atomic E-state index is 5.52. The first kappa shape index (κ1) is 10.2. The van der Waals surface area contributed by atoms with Crippen LogP contribution in [0.1, 0.15) is 11.9 Å². The van der Waals surface area contributed by atoms with Gasteiger partial charge in [0.1, 0.15) is 11.9 Å². The van der Waals surface area contributed by atoms with Gasteiger partial charge in [0.15, 0.2) is 0 Å². The molecule has 0 amide bonds. The van der Waals surface area contributed by atoms with Gasteiger partial charge in [0, 0.05) is 13.7 Å². The highest BCUT2D eigenvalue weighted by atomic mass is 16.5. The Labute approximate surface area is 77.6 Å². The van der Waals surface area contributed by atoms with Crippen LogP contribution in [0.2, 0.25) is 0 Å². The molecule has 1 aromatic rings. The predicted octanol–water partition coefficient (Wildman–Crippen LogP) is 0.942. The number of furan rings is 1. The van der Waals surface area contributed by atoms with Crippen LogP contribution in [0, 0.1) is 0 Å². The third-order valence-corrected chi connectivity index (χ3v) is 1.68. The lowest BCUT2D eigenvalue weighted by molar-refractivity contribution is 0.0106. The molecule has 0 fully saturated rings. The van der Waals surface area contributed by atoms with Crippen molar-refractivity contribution >= 4 is 0 Å². The summed E-state index contributed by atoms with van der Waals surface area (Å²) in [6, 6.07) is 3.67. The number of methoxy groups -OCH3 is 1. The molecule has 1 atom stereocenters. The molecule has 0 radical (unpaired) electrons. The van der Waals surface area contributed by atoms with Crippen LogP contribution in [0.4, 0.5) is 0 Å². The highest BCUT2D eigenvalue weighted by Crippen LogP contribution is 2.15. The van der Waals surface area contributed by atoms with Crippen molar-refractivity contribution in [2.75, 3.05) is 26.9 Å². The fourth-order valence-corrected chi connectivity index (χ4v) is 1.01. The quantitative estimate of drug-likeness (QED) is 0.670. The van der Waals surface area contributed by atoms with Gasteiger partial charge in [0.2, 0.25) is 0 Å². The zero-order valence-corrected chi connectivity index (χ0v) is 7.73. The highest BCUT2D eigenvalue weighted by molar-refractivity contribution is 5.02. The molecule has 0 aromatic carbocycles. The standard InChI is InChI=1S/C9H15NO3/c1-11-5-6-13-9(7-10)8-3-2-4-12-8/h2-4,9H,5-7,10H2,1H3. The van der Waals surface area contributed by atoms with E-state index in [-0.39, 0.29) is 6.10 Å². The summed E-state index contributed by atoms with van der Waals surface area (Å²) in [5.74, 6) is 0.763. The summed E-state index contributed by atoms with van der Waals surface area (Å²) in [5.41, 5.74) is 5.52. The lowest BCUT2D eigenvalue weighted by atomic mass is 10.3. The molecule has 13 heavy (non-hydrogen) atoms. The molecule has 1 unspecified atom stereocenters. The van der Waals surface area contributed by atoms with Crippen LogP contribution in [-0.2, 0) is 9.47 Å². The molecular weight excluding hydrogens is 170 g/mol. The van der Waals surface area contributed by atoms with Gasteiger partial charge >= 0.3 is 0 Å². The summed E-state index contributed by atoms with van der Waals surface area (Å²) in [7, 11) is 1.63. The fourth-order valence-electron chi connectivity index (χ4n) is 1.01. The first-order chi connectivity index (χ1) is 6.38. The smallest absolute Gasteiger partial charge is 0.133 e. The van der Waals surface area contributed by atoms with E-state index in [1.54, 1.807) is 13.4 Å². The third kappa shape index (κ3) is 3.18. The summed E-state index contributed by atoms with van der Waals surface area (Å²) in [5, 5.41) is 0. The monoisotopic (exact) mass is 185 g/mol. The second-order valence-corrected chi connectivity index (χ2v) is 2.60. The molecule has 0 aliphatic carbocycles. The van der Waals surface area contributed by atoms with Crippen LogP contribution in [0.3, 0.4) is 0 Å². The van der Waals surface area contributed by atoms with E-state index in [2.05, 4.69) is 0 Å². The average molecular weight is 185 g/mol. The molecule has 2 N–H and O–H groups in total. The molecule has 4 heteroatoms. The van der Waals surface area contributed by atoms with Crippen molar-refractivity contribution in [2.24, 2.45) is 5.73 Å². The Balaban J connectivity index is 2.35. The number of nitrogens with two attached hydrogens (primary N) is 1. The molecule has 1 aromatic heterocycles. The molecule has 0 spiro atoms. The van der Waals surface area contributed by atoms with Crippen LogP contribution in [0.15, 0.2) is 22.8 Å². The van der Waals surface area contributed by atoms with Crippen molar-refractivity contribution in [3.8, 4) is 0 Å². The topological polar surface area (TPSA) is 57.6 Å². The van der Waals surface area contributed by atoms with Gasteiger partial charge in [-0.2, -0.15) is 0 Å². The van der Waals surface area contributed by atoms with Crippen LogP contribution < -0.4 is 5.73 Å². The maximum absolute atomic E-state index is 5.52. The van der Waals surface area contributed by atoms with Gasteiger partial charge in [0.05, 0.1) is 19.5 Å². The summed E-state index contributed by atoms with van der Waals surface area (Å²) in [4.78, 5) is 0. The van der Waals surface area contributed by atoms with Gasteiger partial charge in [-0.3, -0.25) is 0 Å². The SMILES string of the molecule is COCCOC(CN)c1ccco1. The molecule has 1 rings (SSSR count). The van der Waals surface area contributed by atoms with Gasteiger partial charge in [-0.25, -0.2) is 0 Å². The van der Waals surface area contributed by atoms with Crippen LogP contribution in [0.25, 0.3) is 0 Å². The van der Waals surface area contributed by atoms with Gasteiger partial charge in [-0.1, -0.05) is 0 Å². The molecule has 0 aliphatic heterocycles. The minimum atomic E-state index is -0.162. The van der Waals surface area contributed by atoms with E-state index >= 15 is 0 Å². The minimum absolute atomic E-state index is 0.162. The number of ether oxygens (including phenoxy) is 2. The Morgan fingerprint density at radius 2 is 2.38 bits per heavy atom. The number of hydrogen-bond donors (Lipinski definition) is 1. The van der Waals surface area contributed by atoms with E-state index in [0.29, 0.717) is 19.8 Å². The molecule has 0 saturated heterocycles. The maximum Gasteiger partial charge on any atom is 0.133 e. The van der Waals surface area contributed by atoms with Crippen molar-refractivity contribution in [3.05, 3.63) is 24.2 Å². The Kier molecular flexibility index (Phi) is 4.53. The van der Waals surface area contributed by atoms with Crippen molar-refractivity contribution in [1.82, 2.24) is 0 Å². The van der Waals surface area contributed by atoms with E-state index in [1.165, 1.54) is 0 Å². The summed E-state index contributed by atoms with van der Waals surface area (Å²) >= 11 is 0. The first-order valence-corrected chi connectivity index (χ1v) is 4.22. The zero-order valence-electron chi connectivity index (χ0n) is 7.73. The van der Waals surface area contributed by atoms with Crippen LogP contribution >= 0.6 is 0 Å². The van der Waals surface area contributed by atoms with Crippen molar-refractivity contribution in [3.63, 3.8) is 0 Å². The largest absolute Gasteiger partial charge is 0.467 e. The van der Waals surface area contributed by atoms with Crippen molar-refractivity contribution in [1.29, 1.82) is 0 Å². The normalized spacial score (nSPS) is 13.1. The lowest BCUT2D eigenvalue weighted by Crippen LogP contribution is -2.17. The molecule has 4 nitrogen and oxygen atoms in total. The fraction of sp³-hybridized carbons (Fsp3) is 0.556. The number of hydrogen-bond acceptors (Lipinski definition) is 4. The van der Waals surface area contributed by atoms with Crippen LogP contribution in [-0.4, -0.2) is 26.9 Å². The molecule has 74 valence electrons. The Hall–Kier alpha value is -0.840. The molecular formula is C9H15NO3. The zero-order chi connectivity index (χ0) is 9.52. The van der Waals surface area contributed by atoms with E-state index in [9.17, 15) is 0 Å². The van der Waals surface area contributed by atoms with Gasteiger partial charge in [0.25, 0.3) is 0 Å². The minimum Gasteiger partial charge on any atom is -0.467 e. The third-order valence-electron chi connectivity index (χ3n) is 1.68. The van der Waals surface area contributed by atoms with E-state index in [0.717, 1.165) is 5.76 Å². The van der Waals surface area contributed by atoms with E-state index in [4.69, 9.17) is 19.6 Å². The Bertz CT molecular complexity index is 211. The van der Waals surface area contributed by atoms with Gasteiger partial charge in [-0.15, -0.1) is 0 Å². The first-order valence-electron chi connectivity index (χ1n) is 4.22. The molecule has 0 aliphatic rings. The molecule has 1 heterocycles. The molecule has 0 bridgehead atoms. The Morgan fingerprint density at radius 3 is 2.92 bits per heavy atom.